The van der Waals surface area contributed by atoms with Crippen LogP contribution >= 0.6 is 0 Å². The first kappa shape index (κ1) is 13.6. The van der Waals surface area contributed by atoms with Crippen LogP contribution < -0.4 is 5.32 Å². The maximum absolute atomic E-state index is 3.68. The van der Waals surface area contributed by atoms with Crippen LogP contribution in [0.25, 0.3) is 0 Å². The van der Waals surface area contributed by atoms with Crippen LogP contribution in [-0.4, -0.2) is 12.6 Å². The van der Waals surface area contributed by atoms with Gasteiger partial charge in [0.2, 0.25) is 0 Å². The van der Waals surface area contributed by atoms with E-state index in [0.29, 0.717) is 0 Å². The van der Waals surface area contributed by atoms with Crippen molar-refractivity contribution in [2.45, 2.75) is 57.9 Å². The van der Waals surface area contributed by atoms with Crippen LogP contribution in [0.1, 0.15) is 51.0 Å². The molecule has 1 nitrogen and oxygen atoms in total. The van der Waals surface area contributed by atoms with Crippen LogP contribution in [0.15, 0.2) is 30.3 Å². The van der Waals surface area contributed by atoms with Gasteiger partial charge >= 0.3 is 0 Å². The van der Waals surface area contributed by atoms with Crippen LogP contribution in [0.4, 0.5) is 0 Å². The maximum Gasteiger partial charge on any atom is 0.00727 e. The van der Waals surface area contributed by atoms with E-state index in [1.54, 1.807) is 0 Å². The third kappa shape index (κ3) is 4.45. The number of aryl methyl sites for hydroxylation is 1. The number of nitrogens with one attached hydrogen (secondary N) is 1. The first-order valence-electron chi connectivity index (χ1n) is 7.65. The Hall–Kier alpha value is -0.820. The van der Waals surface area contributed by atoms with Crippen molar-refractivity contribution in [1.29, 1.82) is 0 Å². The van der Waals surface area contributed by atoms with Crippen molar-refractivity contribution in [3.05, 3.63) is 35.9 Å². The summed E-state index contributed by atoms with van der Waals surface area (Å²) in [5.41, 5.74) is 1.48. The number of benzene rings is 1. The molecule has 0 heterocycles. The molecule has 1 aliphatic rings. The van der Waals surface area contributed by atoms with Crippen molar-refractivity contribution >= 4 is 0 Å². The predicted molar refractivity (Wildman–Crippen MR) is 78.8 cm³/mol. The molecule has 1 unspecified atom stereocenters. The van der Waals surface area contributed by atoms with E-state index in [2.05, 4.69) is 42.6 Å². The third-order valence-corrected chi connectivity index (χ3v) is 4.21. The second-order valence-electron chi connectivity index (χ2n) is 5.67. The predicted octanol–water partition coefficient (Wildman–Crippen LogP) is 4.18. The van der Waals surface area contributed by atoms with Gasteiger partial charge in [-0.1, -0.05) is 62.9 Å². The molecular weight excluding hydrogens is 218 g/mol. The van der Waals surface area contributed by atoms with E-state index < -0.39 is 0 Å². The SMILES string of the molecule is CCNC(CCc1ccccc1)CC1CCCC1. The Kier molecular flexibility index (Phi) is 5.73. The van der Waals surface area contributed by atoms with Crippen LogP contribution in [0.3, 0.4) is 0 Å². The Morgan fingerprint density at radius 1 is 1.17 bits per heavy atom. The Morgan fingerprint density at radius 2 is 1.89 bits per heavy atom. The molecule has 0 bridgehead atoms. The van der Waals surface area contributed by atoms with Crippen molar-refractivity contribution in [3.8, 4) is 0 Å². The summed E-state index contributed by atoms with van der Waals surface area (Å²) in [6.07, 6.45) is 9.74. The van der Waals surface area contributed by atoms with Gasteiger partial charge in [-0.2, -0.15) is 0 Å². The van der Waals surface area contributed by atoms with E-state index in [9.17, 15) is 0 Å². The van der Waals surface area contributed by atoms with Gasteiger partial charge < -0.3 is 5.32 Å². The maximum atomic E-state index is 3.68. The van der Waals surface area contributed by atoms with Gasteiger partial charge in [0, 0.05) is 6.04 Å². The fourth-order valence-electron chi connectivity index (χ4n) is 3.23. The molecule has 1 saturated carbocycles. The van der Waals surface area contributed by atoms with Crippen molar-refractivity contribution in [1.82, 2.24) is 5.32 Å². The Bertz CT molecular complexity index is 314. The summed E-state index contributed by atoms with van der Waals surface area (Å²) in [4.78, 5) is 0. The molecule has 0 aliphatic heterocycles. The second-order valence-corrected chi connectivity index (χ2v) is 5.67. The molecule has 1 aliphatic carbocycles. The smallest absolute Gasteiger partial charge is 0.00727 e. The zero-order valence-electron chi connectivity index (χ0n) is 11.7. The van der Waals surface area contributed by atoms with Crippen molar-refractivity contribution < 1.29 is 0 Å². The van der Waals surface area contributed by atoms with Gasteiger partial charge in [-0.25, -0.2) is 0 Å². The highest BCUT2D eigenvalue weighted by Gasteiger charge is 2.19. The average molecular weight is 245 g/mol. The highest BCUT2D eigenvalue weighted by Crippen LogP contribution is 2.29. The Labute approximate surface area is 112 Å². The first-order chi connectivity index (χ1) is 8.88. The minimum Gasteiger partial charge on any atom is -0.314 e. The van der Waals surface area contributed by atoms with E-state index in [0.717, 1.165) is 18.5 Å². The minimum atomic E-state index is 0.721. The van der Waals surface area contributed by atoms with Crippen molar-refractivity contribution in [2.24, 2.45) is 5.92 Å². The summed E-state index contributed by atoms with van der Waals surface area (Å²) in [6, 6.07) is 11.6. The molecule has 1 fully saturated rings. The lowest BCUT2D eigenvalue weighted by atomic mass is 9.94. The second kappa shape index (κ2) is 7.58. The first-order valence-corrected chi connectivity index (χ1v) is 7.65. The Morgan fingerprint density at radius 3 is 2.56 bits per heavy atom. The monoisotopic (exact) mass is 245 g/mol. The molecule has 0 saturated heterocycles. The molecule has 0 aromatic heterocycles. The van der Waals surface area contributed by atoms with E-state index in [1.165, 1.54) is 50.5 Å². The molecule has 100 valence electrons. The molecule has 0 spiro atoms. The van der Waals surface area contributed by atoms with Gasteiger partial charge in [0.25, 0.3) is 0 Å². The quantitative estimate of drug-likeness (QED) is 0.760. The molecular formula is C17H27N. The number of rotatable bonds is 7. The minimum absolute atomic E-state index is 0.721. The summed E-state index contributed by atoms with van der Waals surface area (Å²) in [5.74, 6) is 0.991. The Balaban J connectivity index is 1.78. The molecule has 1 heteroatoms. The van der Waals surface area contributed by atoms with Gasteiger partial charge in [-0.3, -0.25) is 0 Å². The van der Waals surface area contributed by atoms with Gasteiger partial charge in [0.15, 0.2) is 0 Å². The van der Waals surface area contributed by atoms with Gasteiger partial charge in [0.05, 0.1) is 0 Å². The van der Waals surface area contributed by atoms with Gasteiger partial charge in [-0.05, 0) is 37.3 Å². The van der Waals surface area contributed by atoms with Gasteiger partial charge in [0.1, 0.15) is 0 Å². The highest BCUT2D eigenvalue weighted by molar-refractivity contribution is 5.14. The van der Waals surface area contributed by atoms with E-state index >= 15 is 0 Å². The molecule has 1 aromatic rings. The number of hydrogen-bond donors (Lipinski definition) is 1. The summed E-state index contributed by atoms with van der Waals surface area (Å²) in [6.45, 7) is 3.33. The van der Waals surface area contributed by atoms with E-state index in [4.69, 9.17) is 0 Å². The van der Waals surface area contributed by atoms with Crippen LogP contribution in [-0.2, 0) is 6.42 Å². The molecule has 0 radical (unpaired) electrons. The molecule has 1 N–H and O–H groups in total. The van der Waals surface area contributed by atoms with Gasteiger partial charge in [-0.15, -0.1) is 0 Å². The van der Waals surface area contributed by atoms with Crippen molar-refractivity contribution in [3.63, 3.8) is 0 Å². The fourth-order valence-corrected chi connectivity index (χ4v) is 3.23. The largest absolute Gasteiger partial charge is 0.314 e. The third-order valence-electron chi connectivity index (χ3n) is 4.21. The lowest BCUT2D eigenvalue weighted by Crippen LogP contribution is -2.31. The number of hydrogen-bond acceptors (Lipinski definition) is 1. The summed E-state index contributed by atoms with van der Waals surface area (Å²) < 4.78 is 0. The molecule has 18 heavy (non-hydrogen) atoms. The standard InChI is InChI=1S/C17H27N/c1-2-18-17(14-16-10-6-7-11-16)13-12-15-8-4-3-5-9-15/h3-5,8-9,16-18H,2,6-7,10-14H2,1H3. The van der Waals surface area contributed by atoms with E-state index in [-0.39, 0.29) is 0 Å². The lowest BCUT2D eigenvalue weighted by molar-refractivity contribution is 0.376. The summed E-state index contributed by atoms with van der Waals surface area (Å²) in [7, 11) is 0. The average Bonchev–Trinajstić information content (AvgIpc) is 2.90. The van der Waals surface area contributed by atoms with Crippen LogP contribution in [0.2, 0.25) is 0 Å². The lowest BCUT2D eigenvalue weighted by Gasteiger charge is -2.21. The molecule has 1 aromatic carbocycles. The summed E-state index contributed by atoms with van der Waals surface area (Å²) >= 11 is 0. The van der Waals surface area contributed by atoms with Crippen molar-refractivity contribution in [2.75, 3.05) is 6.54 Å². The topological polar surface area (TPSA) is 12.0 Å². The zero-order valence-corrected chi connectivity index (χ0v) is 11.7. The molecule has 0 amide bonds. The van der Waals surface area contributed by atoms with Crippen LogP contribution in [0.5, 0.6) is 0 Å². The highest BCUT2D eigenvalue weighted by atomic mass is 14.9. The molecule has 1 atom stereocenters. The summed E-state index contributed by atoms with van der Waals surface area (Å²) in [5, 5.41) is 3.68. The zero-order chi connectivity index (χ0) is 12.6. The molecule has 2 rings (SSSR count). The normalized spacial score (nSPS) is 18.1. The fraction of sp³-hybridized carbons (Fsp3) is 0.647. The van der Waals surface area contributed by atoms with Crippen LogP contribution in [0, 0.1) is 5.92 Å². The van der Waals surface area contributed by atoms with E-state index in [1.807, 2.05) is 0 Å².